The topological polar surface area (TPSA) is 69.2 Å². The van der Waals surface area contributed by atoms with E-state index in [1.807, 2.05) is 18.2 Å². The molecule has 1 aromatic heterocycles. The summed E-state index contributed by atoms with van der Waals surface area (Å²) in [6.07, 6.45) is 1.78. The van der Waals surface area contributed by atoms with Gasteiger partial charge in [-0.2, -0.15) is 0 Å². The van der Waals surface area contributed by atoms with Gasteiger partial charge in [0.15, 0.2) is 0 Å². The molecule has 0 atom stereocenters. The number of benzene rings is 1. The van der Waals surface area contributed by atoms with Gasteiger partial charge in [0.1, 0.15) is 17.9 Å². The van der Waals surface area contributed by atoms with Crippen molar-refractivity contribution >= 4 is 5.69 Å². The first kappa shape index (κ1) is 12.0. The molecular weight excluding hydrogens is 242 g/mol. The van der Waals surface area contributed by atoms with Crippen molar-refractivity contribution in [1.29, 1.82) is 0 Å². The first-order valence-electron chi connectivity index (χ1n) is 6.27. The second kappa shape index (κ2) is 4.89. The van der Waals surface area contributed by atoms with E-state index in [0.29, 0.717) is 0 Å². The van der Waals surface area contributed by atoms with Crippen molar-refractivity contribution in [2.45, 2.75) is 19.6 Å². The number of nitrogen functional groups attached to an aromatic ring is 1. The average Bonchev–Trinajstić information content (AvgIpc) is 2.89. The van der Waals surface area contributed by atoms with Gasteiger partial charge in [-0.1, -0.05) is 0 Å². The highest BCUT2D eigenvalue weighted by Crippen LogP contribution is 2.22. The van der Waals surface area contributed by atoms with E-state index < -0.39 is 0 Å². The summed E-state index contributed by atoms with van der Waals surface area (Å²) in [4.78, 5) is 2.31. The summed E-state index contributed by atoms with van der Waals surface area (Å²) in [6, 6.07) is 5.76. The summed E-state index contributed by atoms with van der Waals surface area (Å²) in [5, 5.41) is 8.05. The molecule has 19 heavy (non-hydrogen) atoms. The first-order chi connectivity index (χ1) is 9.26. The maximum absolute atomic E-state index is 6.02. The fraction of sp³-hybridized carbons (Fsp3) is 0.385. The van der Waals surface area contributed by atoms with Crippen molar-refractivity contribution in [3.05, 3.63) is 35.9 Å². The molecule has 100 valence electrons. The number of aromatic nitrogens is 3. The monoisotopic (exact) mass is 259 g/mol. The lowest BCUT2D eigenvalue weighted by atomic mass is 10.1. The lowest BCUT2D eigenvalue weighted by Gasteiger charge is -2.27. The minimum Gasteiger partial charge on any atom is -0.497 e. The highest BCUT2D eigenvalue weighted by Gasteiger charge is 2.18. The van der Waals surface area contributed by atoms with Crippen LogP contribution in [-0.4, -0.2) is 33.3 Å². The number of nitrogens with two attached hydrogens (primary N) is 1. The Bertz CT molecular complexity index is 580. The molecule has 6 heteroatoms. The summed E-state index contributed by atoms with van der Waals surface area (Å²) in [5.41, 5.74) is 7.91. The van der Waals surface area contributed by atoms with E-state index in [-0.39, 0.29) is 0 Å². The van der Waals surface area contributed by atoms with Crippen LogP contribution < -0.4 is 10.5 Å². The third kappa shape index (κ3) is 2.39. The van der Waals surface area contributed by atoms with Crippen LogP contribution in [0.1, 0.15) is 11.4 Å². The molecule has 0 saturated carbocycles. The molecule has 0 radical (unpaired) electrons. The largest absolute Gasteiger partial charge is 0.497 e. The molecule has 0 bridgehead atoms. The quantitative estimate of drug-likeness (QED) is 0.829. The number of rotatable bonds is 3. The number of hydrogen-bond donors (Lipinski definition) is 1. The molecule has 2 N–H and O–H groups in total. The zero-order chi connectivity index (χ0) is 13.2. The predicted molar refractivity (Wildman–Crippen MR) is 71.5 cm³/mol. The van der Waals surface area contributed by atoms with E-state index in [4.69, 9.17) is 10.5 Å². The summed E-state index contributed by atoms with van der Waals surface area (Å²) >= 11 is 0. The van der Waals surface area contributed by atoms with Gasteiger partial charge in [0.25, 0.3) is 0 Å². The number of nitrogens with zero attached hydrogens (tertiary/aromatic N) is 4. The van der Waals surface area contributed by atoms with Crippen molar-refractivity contribution in [1.82, 2.24) is 19.7 Å². The fourth-order valence-corrected chi connectivity index (χ4v) is 2.34. The Balaban J connectivity index is 1.76. The van der Waals surface area contributed by atoms with E-state index in [1.165, 1.54) is 0 Å². The highest BCUT2D eigenvalue weighted by molar-refractivity contribution is 5.50. The molecule has 0 unspecified atom stereocenters. The summed E-state index contributed by atoms with van der Waals surface area (Å²) in [6.45, 7) is 3.50. The Kier molecular flexibility index (Phi) is 3.08. The van der Waals surface area contributed by atoms with E-state index in [0.717, 1.165) is 49.0 Å². The molecule has 0 aliphatic carbocycles. The Labute approximate surface area is 111 Å². The summed E-state index contributed by atoms with van der Waals surface area (Å²) in [7, 11) is 1.67. The van der Waals surface area contributed by atoms with Crippen molar-refractivity contribution in [3.63, 3.8) is 0 Å². The molecule has 2 heterocycles. The van der Waals surface area contributed by atoms with Crippen LogP contribution in [0.4, 0.5) is 5.69 Å². The smallest absolute Gasteiger partial charge is 0.147 e. The Hall–Kier alpha value is -2.08. The van der Waals surface area contributed by atoms with E-state index >= 15 is 0 Å². The minimum absolute atomic E-state index is 0.799. The summed E-state index contributed by atoms with van der Waals surface area (Å²) < 4.78 is 7.33. The van der Waals surface area contributed by atoms with E-state index in [2.05, 4.69) is 19.7 Å². The van der Waals surface area contributed by atoms with Gasteiger partial charge in [0, 0.05) is 25.3 Å². The van der Waals surface area contributed by atoms with Gasteiger partial charge in [-0.3, -0.25) is 4.90 Å². The van der Waals surface area contributed by atoms with Gasteiger partial charge in [-0.25, -0.2) is 0 Å². The van der Waals surface area contributed by atoms with Gasteiger partial charge in [0.2, 0.25) is 0 Å². The third-order valence-electron chi connectivity index (χ3n) is 3.46. The van der Waals surface area contributed by atoms with Crippen LogP contribution in [0, 0.1) is 0 Å². The summed E-state index contributed by atoms with van der Waals surface area (Å²) in [5.74, 6) is 1.84. The van der Waals surface area contributed by atoms with Crippen molar-refractivity contribution in [2.75, 3.05) is 19.4 Å². The van der Waals surface area contributed by atoms with Gasteiger partial charge < -0.3 is 15.0 Å². The van der Waals surface area contributed by atoms with Crippen LogP contribution in [0.3, 0.4) is 0 Å². The molecule has 0 spiro atoms. The van der Waals surface area contributed by atoms with Crippen LogP contribution in [0.2, 0.25) is 0 Å². The lowest BCUT2D eigenvalue weighted by Crippen LogP contribution is -2.33. The molecule has 0 amide bonds. The van der Waals surface area contributed by atoms with Gasteiger partial charge in [-0.05, 0) is 23.8 Å². The van der Waals surface area contributed by atoms with Crippen LogP contribution in [0.15, 0.2) is 24.5 Å². The zero-order valence-corrected chi connectivity index (χ0v) is 10.9. The molecule has 1 aliphatic rings. The normalized spacial score (nSPS) is 15.2. The molecule has 1 aromatic carbocycles. The van der Waals surface area contributed by atoms with Gasteiger partial charge in [-0.15, -0.1) is 10.2 Å². The van der Waals surface area contributed by atoms with Gasteiger partial charge in [0.05, 0.1) is 13.7 Å². The zero-order valence-electron chi connectivity index (χ0n) is 10.9. The lowest BCUT2D eigenvalue weighted by molar-refractivity contribution is 0.209. The fourth-order valence-electron chi connectivity index (χ4n) is 2.34. The minimum atomic E-state index is 0.799. The number of anilines is 1. The SMILES string of the molecule is COc1ccc(N)c(CN2CCn3cnnc3C2)c1. The Morgan fingerprint density at radius 2 is 2.26 bits per heavy atom. The average molecular weight is 259 g/mol. The molecule has 0 saturated heterocycles. The van der Waals surface area contributed by atoms with Crippen molar-refractivity contribution in [2.24, 2.45) is 0 Å². The Morgan fingerprint density at radius 3 is 3.11 bits per heavy atom. The van der Waals surface area contributed by atoms with Crippen molar-refractivity contribution < 1.29 is 4.74 Å². The number of hydrogen-bond acceptors (Lipinski definition) is 5. The highest BCUT2D eigenvalue weighted by atomic mass is 16.5. The second-order valence-corrected chi connectivity index (χ2v) is 4.72. The number of fused-ring (bicyclic) bond motifs is 1. The van der Waals surface area contributed by atoms with Crippen LogP contribution in [0.5, 0.6) is 5.75 Å². The molecule has 3 rings (SSSR count). The predicted octanol–water partition coefficient (Wildman–Crippen LogP) is 0.885. The molecule has 2 aromatic rings. The number of ether oxygens (including phenoxy) is 1. The first-order valence-corrected chi connectivity index (χ1v) is 6.27. The van der Waals surface area contributed by atoms with Gasteiger partial charge >= 0.3 is 0 Å². The maximum atomic E-state index is 6.02. The standard InChI is InChI=1S/C13H17N5O/c1-19-11-2-3-12(14)10(6-11)7-17-4-5-18-9-15-16-13(18)8-17/h2-3,6,9H,4-5,7-8,14H2,1H3. The Morgan fingerprint density at radius 1 is 1.37 bits per heavy atom. The molecular formula is C13H17N5O. The van der Waals surface area contributed by atoms with E-state index in [1.54, 1.807) is 13.4 Å². The molecule has 6 nitrogen and oxygen atoms in total. The van der Waals surface area contributed by atoms with Crippen LogP contribution >= 0.6 is 0 Å². The van der Waals surface area contributed by atoms with E-state index in [9.17, 15) is 0 Å². The maximum Gasteiger partial charge on any atom is 0.147 e. The van der Waals surface area contributed by atoms with Crippen LogP contribution in [-0.2, 0) is 19.6 Å². The van der Waals surface area contributed by atoms with Crippen molar-refractivity contribution in [3.8, 4) is 5.75 Å². The van der Waals surface area contributed by atoms with Crippen LogP contribution in [0.25, 0.3) is 0 Å². The number of methoxy groups -OCH3 is 1. The third-order valence-corrected chi connectivity index (χ3v) is 3.46. The second-order valence-electron chi connectivity index (χ2n) is 4.72. The molecule has 0 fully saturated rings. The molecule has 1 aliphatic heterocycles.